The monoisotopic (exact) mass is 397 g/mol. The summed E-state index contributed by atoms with van der Waals surface area (Å²) in [5.74, 6) is 1.23. The van der Waals surface area contributed by atoms with Gasteiger partial charge in [-0.25, -0.2) is 0 Å². The Labute approximate surface area is 148 Å². The molecule has 1 N–H and O–H groups in total. The molecule has 122 valence electrons. The molecule has 0 aliphatic rings. The van der Waals surface area contributed by atoms with E-state index in [0.29, 0.717) is 29.4 Å². The molecular formula is C17H17BrClNO3. The molecule has 0 fully saturated rings. The average Bonchev–Trinajstić information content (AvgIpc) is 2.55. The van der Waals surface area contributed by atoms with E-state index < -0.39 is 0 Å². The molecule has 6 heteroatoms. The third-order valence-electron chi connectivity index (χ3n) is 3.30. The molecule has 2 aromatic carbocycles. The van der Waals surface area contributed by atoms with Crippen LogP contribution in [0.25, 0.3) is 0 Å². The summed E-state index contributed by atoms with van der Waals surface area (Å²) in [6.07, 6.45) is 0.942. The minimum Gasteiger partial charge on any atom is -0.493 e. The molecule has 0 atom stereocenters. The van der Waals surface area contributed by atoms with Crippen LogP contribution in [-0.2, 0) is 11.2 Å². The highest BCUT2D eigenvalue weighted by Gasteiger charge is 2.11. The van der Waals surface area contributed by atoms with Crippen LogP contribution in [0.3, 0.4) is 0 Å². The van der Waals surface area contributed by atoms with Crippen molar-refractivity contribution >= 4 is 39.1 Å². The summed E-state index contributed by atoms with van der Waals surface area (Å²) in [4.78, 5) is 12.0. The van der Waals surface area contributed by atoms with E-state index in [9.17, 15) is 4.79 Å². The van der Waals surface area contributed by atoms with E-state index >= 15 is 0 Å². The molecule has 0 aliphatic carbocycles. The van der Waals surface area contributed by atoms with Gasteiger partial charge in [-0.3, -0.25) is 4.79 Å². The number of amides is 1. The maximum Gasteiger partial charge on any atom is 0.224 e. The number of carbonyl (C=O) groups excluding carboxylic acids is 1. The Kier molecular flexibility index (Phi) is 6.30. The lowest BCUT2D eigenvalue weighted by Crippen LogP contribution is -2.12. The SMILES string of the molecule is COc1cc(Br)c(CCC(=O)Nc2ccc(Cl)cc2)cc1OC. The molecule has 0 saturated carbocycles. The molecular weight excluding hydrogens is 382 g/mol. The van der Waals surface area contributed by atoms with Crippen molar-refractivity contribution in [1.29, 1.82) is 0 Å². The van der Waals surface area contributed by atoms with E-state index in [1.807, 2.05) is 12.1 Å². The first-order chi connectivity index (χ1) is 11.0. The van der Waals surface area contributed by atoms with Crippen molar-refractivity contribution in [1.82, 2.24) is 0 Å². The molecule has 2 aromatic rings. The lowest BCUT2D eigenvalue weighted by Gasteiger charge is -2.12. The van der Waals surface area contributed by atoms with Crippen LogP contribution in [-0.4, -0.2) is 20.1 Å². The first-order valence-electron chi connectivity index (χ1n) is 6.99. The molecule has 0 heterocycles. The average molecular weight is 399 g/mol. The van der Waals surface area contributed by atoms with Crippen LogP contribution in [0.4, 0.5) is 5.69 Å². The summed E-state index contributed by atoms with van der Waals surface area (Å²) < 4.78 is 11.4. The van der Waals surface area contributed by atoms with Crippen LogP contribution in [0, 0.1) is 0 Å². The Balaban J connectivity index is 1.99. The van der Waals surface area contributed by atoms with Crippen molar-refractivity contribution in [2.24, 2.45) is 0 Å². The first kappa shape index (κ1) is 17.6. The molecule has 0 radical (unpaired) electrons. The third-order valence-corrected chi connectivity index (χ3v) is 4.29. The molecule has 2 rings (SSSR count). The molecule has 0 unspecified atom stereocenters. The highest BCUT2D eigenvalue weighted by molar-refractivity contribution is 9.10. The number of hydrogen-bond donors (Lipinski definition) is 1. The molecule has 0 aromatic heterocycles. The van der Waals surface area contributed by atoms with Gasteiger partial charge >= 0.3 is 0 Å². The van der Waals surface area contributed by atoms with Crippen molar-refractivity contribution in [3.8, 4) is 11.5 Å². The van der Waals surface area contributed by atoms with E-state index in [-0.39, 0.29) is 5.91 Å². The number of halogens is 2. The zero-order valence-corrected chi connectivity index (χ0v) is 15.2. The van der Waals surface area contributed by atoms with Crippen molar-refractivity contribution in [3.05, 3.63) is 51.5 Å². The summed E-state index contributed by atoms with van der Waals surface area (Å²) in [6, 6.07) is 10.7. The Morgan fingerprint density at radius 3 is 2.35 bits per heavy atom. The zero-order chi connectivity index (χ0) is 16.8. The second-order valence-electron chi connectivity index (χ2n) is 4.85. The highest BCUT2D eigenvalue weighted by atomic mass is 79.9. The Morgan fingerprint density at radius 2 is 1.74 bits per heavy atom. The van der Waals surface area contributed by atoms with Gasteiger partial charge in [-0.15, -0.1) is 0 Å². The van der Waals surface area contributed by atoms with Gasteiger partial charge in [0.15, 0.2) is 11.5 Å². The molecule has 0 aliphatic heterocycles. The summed E-state index contributed by atoms with van der Waals surface area (Å²) >= 11 is 9.31. The number of carbonyl (C=O) groups is 1. The van der Waals surface area contributed by atoms with Gasteiger partial charge in [0.25, 0.3) is 0 Å². The number of benzene rings is 2. The van der Waals surface area contributed by atoms with Crippen molar-refractivity contribution in [3.63, 3.8) is 0 Å². The van der Waals surface area contributed by atoms with Crippen LogP contribution >= 0.6 is 27.5 Å². The topological polar surface area (TPSA) is 47.6 Å². The van der Waals surface area contributed by atoms with Gasteiger partial charge in [0.1, 0.15) is 0 Å². The lowest BCUT2D eigenvalue weighted by atomic mass is 10.1. The normalized spacial score (nSPS) is 10.3. The minimum absolute atomic E-state index is 0.0611. The number of hydrogen-bond acceptors (Lipinski definition) is 3. The molecule has 23 heavy (non-hydrogen) atoms. The van der Waals surface area contributed by atoms with E-state index in [1.54, 1.807) is 38.5 Å². The maximum absolute atomic E-state index is 12.0. The fraction of sp³-hybridized carbons (Fsp3) is 0.235. The Bertz CT molecular complexity index is 689. The molecule has 4 nitrogen and oxygen atoms in total. The highest BCUT2D eigenvalue weighted by Crippen LogP contribution is 2.33. The number of rotatable bonds is 6. The third kappa shape index (κ3) is 4.88. The molecule has 0 bridgehead atoms. The minimum atomic E-state index is -0.0611. The number of anilines is 1. The van der Waals surface area contributed by atoms with E-state index in [0.717, 1.165) is 15.7 Å². The van der Waals surface area contributed by atoms with Crippen LogP contribution in [0.5, 0.6) is 11.5 Å². The van der Waals surface area contributed by atoms with Crippen molar-refractivity contribution in [2.75, 3.05) is 19.5 Å². The molecule has 1 amide bonds. The van der Waals surface area contributed by atoms with Crippen LogP contribution in [0.15, 0.2) is 40.9 Å². The fourth-order valence-electron chi connectivity index (χ4n) is 2.09. The van der Waals surface area contributed by atoms with Crippen LogP contribution in [0.1, 0.15) is 12.0 Å². The summed E-state index contributed by atoms with van der Waals surface area (Å²) in [7, 11) is 3.17. The largest absolute Gasteiger partial charge is 0.493 e. The maximum atomic E-state index is 12.0. The number of aryl methyl sites for hydroxylation is 1. The van der Waals surface area contributed by atoms with Crippen LogP contribution < -0.4 is 14.8 Å². The standard InChI is InChI=1S/C17H17BrClNO3/c1-22-15-9-11(14(18)10-16(15)23-2)3-8-17(21)20-13-6-4-12(19)5-7-13/h4-7,9-10H,3,8H2,1-2H3,(H,20,21). The van der Waals surface area contributed by atoms with Crippen molar-refractivity contribution in [2.45, 2.75) is 12.8 Å². The number of methoxy groups -OCH3 is 2. The van der Waals surface area contributed by atoms with Crippen LogP contribution in [0.2, 0.25) is 5.02 Å². The second kappa shape index (κ2) is 8.22. The van der Waals surface area contributed by atoms with Crippen molar-refractivity contribution < 1.29 is 14.3 Å². The van der Waals surface area contributed by atoms with Gasteiger partial charge in [-0.2, -0.15) is 0 Å². The van der Waals surface area contributed by atoms with Gasteiger partial charge in [0.05, 0.1) is 14.2 Å². The van der Waals surface area contributed by atoms with Gasteiger partial charge in [-0.05, 0) is 48.4 Å². The van der Waals surface area contributed by atoms with Gasteiger partial charge in [-0.1, -0.05) is 27.5 Å². The Morgan fingerprint density at radius 1 is 1.13 bits per heavy atom. The predicted octanol–water partition coefficient (Wildman–Crippen LogP) is 4.69. The van der Waals surface area contributed by atoms with E-state index in [2.05, 4.69) is 21.2 Å². The van der Waals surface area contributed by atoms with Gasteiger partial charge in [0.2, 0.25) is 5.91 Å². The van der Waals surface area contributed by atoms with E-state index in [1.165, 1.54) is 0 Å². The van der Waals surface area contributed by atoms with E-state index in [4.69, 9.17) is 21.1 Å². The van der Waals surface area contributed by atoms with Gasteiger partial charge in [0, 0.05) is 21.6 Å². The Hall–Kier alpha value is -1.72. The second-order valence-corrected chi connectivity index (χ2v) is 6.14. The summed E-state index contributed by atoms with van der Waals surface area (Å²) in [5.41, 5.74) is 1.71. The summed E-state index contributed by atoms with van der Waals surface area (Å²) in [6.45, 7) is 0. The quantitative estimate of drug-likeness (QED) is 0.768. The summed E-state index contributed by atoms with van der Waals surface area (Å²) in [5, 5.41) is 3.48. The van der Waals surface area contributed by atoms with Gasteiger partial charge < -0.3 is 14.8 Å². The molecule has 0 saturated heterocycles. The fourth-order valence-corrected chi connectivity index (χ4v) is 2.74. The molecule has 0 spiro atoms. The predicted molar refractivity (Wildman–Crippen MR) is 95.6 cm³/mol. The number of ether oxygens (including phenoxy) is 2. The first-order valence-corrected chi connectivity index (χ1v) is 8.16. The zero-order valence-electron chi connectivity index (χ0n) is 12.9. The number of nitrogens with one attached hydrogen (secondary N) is 1. The lowest BCUT2D eigenvalue weighted by molar-refractivity contribution is -0.116. The smallest absolute Gasteiger partial charge is 0.224 e.